The van der Waals surface area contributed by atoms with Crippen LogP contribution in [0.25, 0.3) is 0 Å². The van der Waals surface area contributed by atoms with Crippen molar-refractivity contribution in [2.45, 2.75) is 26.9 Å². The van der Waals surface area contributed by atoms with Crippen LogP contribution in [0.15, 0.2) is 29.3 Å². The highest BCUT2D eigenvalue weighted by Gasteiger charge is 2.01. The Morgan fingerprint density at radius 3 is 2.16 bits per heavy atom. The fourth-order valence-corrected chi connectivity index (χ4v) is 1.93. The number of nitrogens with one attached hydrogen (secondary N) is 2. The Labute approximate surface area is 116 Å². The zero-order valence-electron chi connectivity index (χ0n) is 12.5. The molecule has 0 fully saturated rings. The van der Waals surface area contributed by atoms with Crippen LogP contribution < -0.4 is 10.6 Å². The molecule has 0 aromatic heterocycles. The number of nitrogens with zero attached hydrogens (tertiary/aromatic N) is 2. The number of hydrogen-bond donors (Lipinski definition) is 2. The van der Waals surface area contributed by atoms with E-state index < -0.39 is 0 Å². The molecule has 4 heteroatoms. The maximum absolute atomic E-state index is 4.09. The van der Waals surface area contributed by atoms with Gasteiger partial charge in [0.1, 0.15) is 0 Å². The summed E-state index contributed by atoms with van der Waals surface area (Å²) in [5.41, 5.74) is 2.63. The summed E-state index contributed by atoms with van der Waals surface area (Å²) in [5.74, 6) is 0.812. The first-order valence-electron chi connectivity index (χ1n) is 6.92. The number of hydrogen-bond acceptors (Lipinski definition) is 2. The van der Waals surface area contributed by atoms with Crippen LogP contribution in [0.1, 0.15) is 25.0 Å². The summed E-state index contributed by atoms with van der Waals surface area (Å²) in [7, 11) is 3.63. The molecule has 1 aromatic rings. The Bertz CT molecular complexity index is 380. The number of guanidine groups is 1. The molecule has 2 N–H and O–H groups in total. The lowest BCUT2D eigenvalue weighted by Gasteiger charge is -2.18. The standard InChI is InChI=1S/C15H26N4/c1-5-19(6-2)12-14-9-7-13(8-10-14)11-18-15(16-3)17-4/h7-10H,5-6,11-12H2,1-4H3,(H2,16,17,18). The van der Waals surface area contributed by atoms with Crippen molar-refractivity contribution in [1.29, 1.82) is 0 Å². The van der Waals surface area contributed by atoms with Gasteiger partial charge < -0.3 is 10.6 Å². The second-order valence-electron chi connectivity index (χ2n) is 4.45. The average molecular weight is 262 g/mol. The van der Waals surface area contributed by atoms with E-state index in [9.17, 15) is 0 Å². The van der Waals surface area contributed by atoms with Gasteiger partial charge in [0.25, 0.3) is 0 Å². The fraction of sp³-hybridized carbons (Fsp3) is 0.533. The molecule has 0 aliphatic rings. The maximum Gasteiger partial charge on any atom is 0.190 e. The Hall–Kier alpha value is -1.55. The van der Waals surface area contributed by atoms with E-state index in [1.54, 1.807) is 7.05 Å². The second-order valence-corrected chi connectivity index (χ2v) is 4.45. The summed E-state index contributed by atoms with van der Waals surface area (Å²) in [6.07, 6.45) is 0. The first-order chi connectivity index (χ1) is 9.23. The molecule has 0 spiro atoms. The average Bonchev–Trinajstić information content (AvgIpc) is 2.47. The van der Waals surface area contributed by atoms with Gasteiger partial charge in [-0.15, -0.1) is 0 Å². The Morgan fingerprint density at radius 1 is 1.11 bits per heavy atom. The number of rotatable bonds is 6. The Morgan fingerprint density at radius 2 is 1.68 bits per heavy atom. The van der Waals surface area contributed by atoms with E-state index in [2.05, 4.69) is 58.6 Å². The van der Waals surface area contributed by atoms with Crippen LogP contribution in [-0.4, -0.2) is 38.0 Å². The van der Waals surface area contributed by atoms with E-state index in [4.69, 9.17) is 0 Å². The topological polar surface area (TPSA) is 39.7 Å². The summed E-state index contributed by atoms with van der Waals surface area (Å²) in [4.78, 5) is 6.50. The third-order valence-corrected chi connectivity index (χ3v) is 3.24. The van der Waals surface area contributed by atoms with Gasteiger partial charge in [0, 0.05) is 27.2 Å². The molecule has 0 aliphatic carbocycles. The number of benzene rings is 1. The molecule has 4 nitrogen and oxygen atoms in total. The van der Waals surface area contributed by atoms with Crippen LogP contribution in [0.4, 0.5) is 0 Å². The fourth-order valence-electron chi connectivity index (χ4n) is 1.93. The molecule has 106 valence electrons. The van der Waals surface area contributed by atoms with Crippen molar-refractivity contribution < 1.29 is 0 Å². The third kappa shape index (κ3) is 5.30. The predicted octanol–water partition coefficient (Wildman–Crippen LogP) is 1.82. The van der Waals surface area contributed by atoms with Crippen molar-refractivity contribution in [1.82, 2.24) is 15.5 Å². The molecule has 1 aromatic carbocycles. The lowest BCUT2D eigenvalue weighted by Crippen LogP contribution is -2.34. The lowest BCUT2D eigenvalue weighted by molar-refractivity contribution is 0.296. The summed E-state index contributed by atoms with van der Waals surface area (Å²) in [6.45, 7) is 8.41. The summed E-state index contributed by atoms with van der Waals surface area (Å²) in [6, 6.07) is 8.76. The minimum Gasteiger partial charge on any atom is -0.359 e. The quantitative estimate of drug-likeness (QED) is 0.607. The molecular weight excluding hydrogens is 236 g/mol. The van der Waals surface area contributed by atoms with Crippen LogP contribution in [-0.2, 0) is 13.1 Å². The first kappa shape index (κ1) is 15.5. The SMILES string of the molecule is CCN(CC)Cc1ccc(CNC(=NC)NC)cc1. The van der Waals surface area contributed by atoms with Crippen LogP contribution >= 0.6 is 0 Å². The van der Waals surface area contributed by atoms with Crippen molar-refractivity contribution in [3.63, 3.8) is 0 Å². The summed E-state index contributed by atoms with van der Waals surface area (Å²) in [5, 5.41) is 6.25. The molecule has 0 amide bonds. The van der Waals surface area contributed by atoms with Gasteiger partial charge in [-0.2, -0.15) is 0 Å². The van der Waals surface area contributed by atoms with E-state index >= 15 is 0 Å². The van der Waals surface area contributed by atoms with Crippen LogP contribution in [0, 0.1) is 0 Å². The molecule has 0 unspecified atom stereocenters. The van der Waals surface area contributed by atoms with Crippen molar-refractivity contribution >= 4 is 5.96 Å². The minimum absolute atomic E-state index is 0.791. The van der Waals surface area contributed by atoms with Gasteiger partial charge in [-0.1, -0.05) is 38.1 Å². The van der Waals surface area contributed by atoms with E-state index in [1.165, 1.54) is 11.1 Å². The Balaban J connectivity index is 2.52. The van der Waals surface area contributed by atoms with E-state index in [0.29, 0.717) is 0 Å². The van der Waals surface area contributed by atoms with Gasteiger partial charge in [-0.3, -0.25) is 9.89 Å². The monoisotopic (exact) mass is 262 g/mol. The molecule has 19 heavy (non-hydrogen) atoms. The predicted molar refractivity (Wildman–Crippen MR) is 82.3 cm³/mol. The minimum atomic E-state index is 0.791. The van der Waals surface area contributed by atoms with Gasteiger partial charge in [0.15, 0.2) is 5.96 Å². The highest BCUT2D eigenvalue weighted by molar-refractivity contribution is 5.79. The van der Waals surface area contributed by atoms with E-state index in [1.807, 2.05) is 7.05 Å². The van der Waals surface area contributed by atoms with Gasteiger partial charge in [0.05, 0.1) is 0 Å². The third-order valence-electron chi connectivity index (χ3n) is 3.24. The van der Waals surface area contributed by atoms with Crippen LogP contribution in [0.3, 0.4) is 0 Å². The highest BCUT2D eigenvalue weighted by Crippen LogP contribution is 2.07. The van der Waals surface area contributed by atoms with Crippen LogP contribution in [0.5, 0.6) is 0 Å². The molecule has 0 heterocycles. The van der Waals surface area contributed by atoms with Gasteiger partial charge >= 0.3 is 0 Å². The zero-order chi connectivity index (χ0) is 14.1. The van der Waals surface area contributed by atoms with Gasteiger partial charge in [-0.25, -0.2) is 0 Å². The van der Waals surface area contributed by atoms with E-state index in [-0.39, 0.29) is 0 Å². The van der Waals surface area contributed by atoms with Crippen molar-refractivity contribution in [2.24, 2.45) is 4.99 Å². The van der Waals surface area contributed by atoms with Crippen LogP contribution in [0.2, 0.25) is 0 Å². The zero-order valence-corrected chi connectivity index (χ0v) is 12.5. The molecule has 0 bridgehead atoms. The molecule has 0 aliphatic heterocycles. The molecule has 0 radical (unpaired) electrons. The largest absolute Gasteiger partial charge is 0.359 e. The lowest BCUT2D eigenvalue weighted by atomic mass is 10.1. The van der Waals surface area contributed by atoms with E-state index in [0.717, 1.165) is 32.1 Å². The first-order valence-corrected chi connectivity index (χ1v) is 6.92. The molecule has 0 saturated heterocycles. The molecular formula is C15H26N4. The van der Waals surface area contributed by atoms with Crippen molar-refractivity contribution in [2.75, 3.05) is 27.2 Å². The molecule has 0 atom stereocenters. The highest BCUT2D eigenvalue weighted by atomic mass is 15.1. The Kier molecular flexibility index (Phi) is 6.97. The maximum atomic E-state index is 4.09. The van der Waals surface area contributed by atoms with Gasteiger partial charge in [0.2, 0.25) is 0 Å². The molecule has 1 rings (SSSR count). The molecule has 0 saturated carbocycles. The van der Waals surface area contributed by atoms with Crippen molar-refractivity contribution in [3.8, 4) is 0 Å². The second kappa shape index (κ2) is 8.53. The summed E-state index contributed by atoms with van der Waals surface area (Å²) < 4.78 is 0. The number of aliphatic imine (C=N–C) groups is 1. The smallest absolute Gasteiger partial charge is 0.190 e. The van der Waals surface area contributed by atoms with Gasteiger partial charge in [-0.05, 0) is 24.2 Å². The summed E-state index contributed by atoms with van der Waals surface area (Å²) >= 11 is 0. The normalized spacial score (nSPS) is 11.7. The van der Waals surface area contributed by atoms with Crippen molar-refractivity contribution in [3.05, 3.63) is 35.4 Å².